The van der Waals surface area contributed by atoms with E-state index in [-0.39, 0.29) is 0 Å². The number of thiophene rings is 2. The van der Waals surface area contributed by atoms with Crippen LogP contribution in [0, 0.1) is 0 Å². The van der Waals surface area contributed by atoms with Gasteiger partial charge in [0.15, 0.2) is 11.6 Å². The van der Waals surface area contributed by atoms with E-state index >= 15 is 0 Å². The highest BCUT2D eigenvalue weighted by Crippen LogP contribution is 2.44. The topological polar surface area (TPSA) is 104 Å². The number of fused-ring (bicyclic) bond motifs is 14. The molecule has 0 bridgehead atoms. The molecule has 0 unspecified atom stereocenters. The molecule has 8 nitrogen and oxygen atoms in total. The molecule has 10 heteroatoms. The lowest BCUT2D eigenvalue weighted by Crippen LogP contribution is -1.92. The lowest BCUT2D eigenvalue weighted by atomic mass is 9.95. The van der Waals surface area contributed by atoms with Crippen LogP contribution in [0.1, 0.15) is 0 Å². The van der Waals surface area contributed by atoms with Crippen molar-refractivity contribution in [3.8, 4) is 89.8 Å². The summed E-state index contributed by atoms with van der Waals surface area (Å²) >= 11 is 3.59. The van der Waals surface area contributed by atoms with Crippen LogP contribution in [0.5, 0.6) is 0 Å². The molecule has 96 heavy (non-hydrogen) atoms. The van der Waals surface area contributed by atoms with E-state index in [2.05, 4.69) is 231 Å². The summed E-state index contributed by atoms with van der Waals surface area (Å²) in [7, 11) is 0. The summed E-state index contributed by atoms with van der Waals surface area (Å²) in [5, 5.41) is 14.1. The van der Waals surface area contributed by atoms with E-state index in [1.165, 1.54) is 45.7 Å². The SMILES string of the molecule is c1cc(-c2ccc(-c3cccc4c3oc3ccccc34)nc2)c2ccc(-c3ccc(-c4cccc5c4oc4ccccc45)nc3)cc2c1.c1ccc2c(c1)sc1c(-c3ncc(-c4cccc5c(-c6cnc(-c7cccc8c7sc7ccccc78)nc6)cccc45)cn3)cccc12. The minimum absolute atomic E-state index is 0.736. The molecule has 0 radical (unpaired) electrons. The third kappa shape index (κ3) is 9.33. The number of rotatable bonds is 8. The zero-order valence-corrected chi connectivity index (χ0v) is 52.8. The van der Waals surface area contributed by atoms with Gasteiger partial charge in [-0.15, -0.1) is 22.7 Å². The van der Waals surface area contributed by atoms with E-state index in [9.17, 15) is 0 Å². The minimum Gasteiger partial charge on any atom is -0.455 e. The molecule has 20 rings (SSSR count). The Labute approximate surface area is 557 Å². The average Bonchev–Trinajstić information content (AvgIpc) is 1.53. The first-order valence-corrected chi connectivity index (χ1v) is 33.5. The van der Waals surface area contributed by atoms with Crippen molar-refractivity contribution < 1.29 is 8.83 Å². The predicted molar refractivity (Wildman–Crippen MR) is 398 cm³/mol. The normalized spacial score (nSPS) is 11.8. The standard InChI is InChI=1S/C44H26N2O2.C42H24N4S2/c1-3-16-41-33(9-1)35-12-6-14-37(43(35)47-41)39-22-19-29(25-45-39)27-18-21-32-28(24-27)8-5-11-31(32)30-20-23-40(46-26-30)38-15-7-13-36-34-10-2-4-17-42(34)48-44(36)38;1-3-19-37-31(9-1)33-15-7-17-35(39(33)47-37)41-43-21-25(22-44-41)27-11-5-14-30-28(12-6-13-29(27)30)26-23-45-42(46-24-26)36-18-8-16-34-32-10-2-4-20-38(32)48-40(34)36/h1-26H;1-24H. The first-order valence-electron chi connectivity index (χ1n) is 31.8. The molecule has 0 spiro atoms. The Hall–Kier alpha value is -12.3. The summed E-state index contributed by atoms with van der Waals surface area (Å²) in [6.07, 6.45) is 11.7. The highest BCUT2D eigenvalue weighted by Gasteiger charge is 2.19. The molecule has 0 aliphatic rings. The highest BCUT2D eigenvalue weighted by atomic mass is 32.1. The zero-order valence-electron chi connectivity index (χ0n) is 51.2. The van der Waals surface area contributed by atoms with Gasteiger partial charge in [-0.05, 0) is 111 Å². The van der Waals surface area contributed by atoms with Crippen molar-refractivity contribution in [1.29, 1.82) is 0 Å². The second-order valence-electron chi connectivity index (χ2n) is 24.0. The van der Waals surface area contributed by atoms with E-state index in [0.717, 1.165) is 150 Å². The predicted octanol–water partition coefficient (Wildman–Crippen LogP) is 23.9. The molecule has 0 N–H and O–H groups in total. The van der Waals surface area contributed by atoms with Gasteiger partial charge in [-0.25, -0.2) is 19.9 Å². The van der Waals surface area contributed by atoms with Gasteiger partial charge < -0.3 is 8.83 Å². The third-order valence-electron chi connectivity index (χ3n) is 18.6. The fourth-order valence-corrected chi connectivity index (χ4v) is 16.3. The van der Waals surface area contributed by atoms with E-state index in [1.807, 2.05) is 73.6 Å². The molecule has 0 atom stereocenters. The summed E-state index contributed by atoms with van der Waals surface area (Å²) in [5.41, 5.74) is 17.9. The van der Waals surface area contributed by atoms with Gasteiger partial charge in [0.1, 0.15) is 22.3 Å². The molecule has 0 aliphatic carbocycles. The smallest absolute Gasteiger partial charge is 0.160 e. The Bertz CT molecular complexity index is 6250. The Balaban J connectivity index is 0.000000135. The van der Waals surface area contributed by atoms with E-state index < -0.39 is 0 Å². The second kappa shape index (κ2) is 22.7. The number of benzene rings is 12. The maximum absolute atomic E-state index is 6.27. The number of para-hydroxylation sites is 4. The summed E-state index contributed by atoms with van der Waals surface area (Å²) in [5.74, 6) is 1.47. The Morgan fingerprint density at radius 3 is 1.09 bits per heavy atom. The van der Waals surface area contributed by atoms with E-state index in [1.54, 1.807) is 22.7 Å². The molecule has 0 amide bonds. The molecule has 0 aliphatic heterocycles. The first kappa shape index (κ1) is 55.3. The first-order chi connectivity index (χ1) is 47.6. The van der Waals surface area contributed by atoms with Gasteiger partial charge in [-0.2, -0.15) is 0 Å². The lowest BCUT2D eigenvalue weighted by Gasteiger charge is -2.11. The second-order valence-corrected chi connectivity index (χ2v) is 26.1. The van der Waals surface area contributed by atoms with Crippen molar-refractivity contribution in [2.24, 2.45) is 0 Å². The van der Waals surface area contributed by atoms with Crippen molar-refractivity contribution in [3.05, 3.63) is 304 Å². The van der Waals surface area contributed by atoms with Gasteiger partial charge in [0.25, 0.3) is 0 Å². The minimum atomic E-state index is 0.736. The number of nitrogens with zero attached hydrogens (tertiary/aromatic N) is 6. The number of hydrogen-bond acceptors (Lipinski definition) is 10. The van der Waals surface area contributed by atoms with Crippen LogP contribution < -0.4 is 0 Å². The molecule has 0 fully saturated rings. The number of hydrogen-bond donors (Lipinski definition) is 0. The van der Waals surface area contributed by atoms with Gasteiger partial charge in [0.2, 0.25) is 0 Å². The Kier molecular flexibility index (Phi) is 13.1. The fourth-order valence-electron chi connectivity index (χ4n) is 13.9. The van der Waals surface area contributed by atoms with Crippen LogP contribution in [0.4, 0.5) is 0 Å². The van der Waals surface area contributed by atoms with Crippen LogP contribution in [0.25, 0.3) is 196 Å². The van der Waals surface area contributed by atoms with Crippen LogP contribution in [0.2, 0.25) is 0 Å². The van der Waals surface area contributed by atoms with Crippen LogP contribution in [0.15, 0.2) is 313 Å². The number of aromatic nitrogens is 6. The highest BCUT2D eigenvalue weighted by molar-refractivity contribution is 7.26. The molecule has 12 aromatic carbocycles. The Morgan fingerprint density at radius 1 is 0.229 bits per heavy atom. The van der Waals surface area contributed by atoms with Gasteiger partial charge in [0, 0.05) is 144 Å². The quantitative estimate of drug-likeness (QED) is 0.148. The summed E-state index contributed by atoms with van der Waals surface area (Å²) in [4.78, 5) is 29.3. The van der Waals surface area contributed by atoms with Crippen LogP contribution in [-0.2, 0) is 0 Å². The van der Waals surface area contributed by atoms with Gasteiger partial charge in [-0.3, -0.25) is 9.97 Å². The number of pyridine rings is 2. The van der Waals surface area contributed by atoms with Crippen molar-refractivity contribution >= 4 is 128 Å². The molecular weight excluding hydrogens is 1210 g/mol. The van der Waals surface area contributed by atoms with Gasteiger partial charge >= 0.3 is 0 Å². The fraction of sp³-hybridized carbons (Fsp3) is 0. The molecular formula is C86H50N6O2S2. The molecule has 0 saturated heterocycles. The third-order valence-corrected chi connectivity index (χ3v) is 21.0. The molecule has 448 valence electrons. The Morgan fingerprint density at radius 2 is 0.604 bits per heavy atom. The summed E-state index contributed by atoms with van der Waals surface area (Å²) in [6.45, 7) is 0. The molecule has 8 heterocycles. The van der Waals surface area contributed by atoms with Gasteiger partial charge in [-0.1, -0.05) is 200 Å². The lowest BCUT2D eigenvalue weighted by molar-refractivity contribution is 0.669. The molecule has 20 aromatic rings. The van der Waals surface area contributed by atoms with Crippen molar-refractivity contribution in [1.82, 2.24) is 29.9 Å². The van der Waals surface area contributed by atoms with Gasteiger partial charge in [0.05, 0.1) is 11.4 Å². The van der Waals surface area contributed by atoms with E-state index in [0.29, 0.717) is 0 Å². The van der Waals surface area contributed by atoms with Crippen LogP contribution in [-0.4, -0.2) is 29.9 Å². The largest absolute Gasteiger partial charge is 0.455 e. The van der Waals surface area contributed by atoms with Crippen LogP contribution in [0.3, 0.4) is 0 Å². The maximum Gasteiger partial charge on any atom is 0.160 e. The monoisotopic (exact) mass is 1260 g/mol. The summed E-state index contributed by atoms with van der Waals surface area (Å²) in [6, 6.07) is 93.0. The molecule has 8 aromatic heterocycles. The van der Waals surface area contributed by atoms with E-state index in [4.69, 9.17) is 38.7 Å². The zero-order chi connectivity index (χ0) is 63.2. The average molecular weight is 1260 g/mol. The number of furan rings is 2. The maximum atomic E-state index is 6.27. The summed E-state index contributed by atoms with van der Waals surface area (Å²) < 4.78 is 17.5. The molecule has 0 saturated carbocycles. The van der Waals surface area contributed by atoms with Crippen molar-refractivity contribution in [2.45, 2.75) is 0 Å². The van der Waals surface area contributed by atoms with Crippen molar-refractivity contribution in [2.75, 3.05) is 0 Å². The van der Waals surface area contributed by atoms with Crippen molar-refractivity contribution in [3.63, 3.8) is 0 Å². The van der Waals surface area contributed by atoms with Crippen LogP contribution >= 0.6 is 22.7 Å².